The van der Waals surface area contributed by atoms with Gasteiger partial charge in [0.05, 0.1) is 5.56 Å². The normalized spacial score (nSPS) is 10.0. The smallest absolute Gasteiger partial charge is 0.153 e. The largest absolute Gasteiger partial charge is 0.507 e. The molecule has 0 saturated heterocycles. The van der Waals surface area contributed by atoms with E-state index in [-0.39, 0.29) is 11.3 Å². The van der Waals surface area contributed by atoms with Crippen molar-refractivity contribution in [2.75, 3.05) is 5.73 Å². The summed E-state index contributed by atoms with van der Waals surface area (Å²) in [7, 11) is 0. The lowest BCUT2D eigenvalue weighted by molar-refractivity contribution is 0.112. The Morgan fingerprint density at radius 3 is 2.56 bits per heavy atom. The van der Waals surface area contributed by atoms with Gasteiger partial charge in [-0.05, 0) is 23.8 Å². The molecule has 16 heavy (non-hydrogen) atoms. The van der Waals surface area contributed by atoms with Gasteiger partial charge in [0.1, 0.15) is 5.75 Å². The molecule has 80 valence electrons. The van der Waals surface area contributed by atoms with Crippen LogP contribution in [0.3, 0.4) is 0 Å². The highest BCUT2D eigenvalue weighted by Gasteiger charge is 2.07. The molecule has 0 fully saturated rings. The van der Waals surface area contributed by atoms with Gasteiger partial charge in [-0.25, -0.2) is 0 Å². The van der Waals surface area contributed by atoms with Crippen LogP contribution in [0.4, 0.5) is 5.69 Å². The van der Waals surface area contributed by atoms with E-state index in [9.17, 15) is 9.90 Å². The van der Waals surface area contributed by atoms with Crippen LogP contribution in [0.2, 0.25) is 0 Å². The Kier molecular flexibility index (Phi) is 2.60. The third-order valence-electron chi connectivity index (χ3n) is 2.39. The van der Waals surface area contributed by atoms with E-state index in [2.05, 4.69) is 0 Å². The number of hydrogen-bond donors (Lipinski definition) is 2. The van der Waals surface area contributed by atoms with Crippen molar-refractivity contribution in [3.63, 3.8) is 0 Å². The standard InChI is InChI=1S/C13H11NO2/c14-11-5-1-3-9(7-11)12-6-2-4-10(8-15)13(12)16/h1-8,16H,14H2. The van der Waals surface area contributed by atoms with Crippen LogP contribution in [-0.4, -0.2) is 11.4 Å². The molecule has 0 radical (unpaired) electrons. The number of carbonyl (C=O) groups is 1. The summed E-state index contributed by atoms with van der Waals surface area (Å²) >= 11 is 0. The first-order chi connectivity index (χ1) is 7.72. The lowest BCUT2D eigenvalue weighted by Gasteiger charge is -2.07. The Labute approximate surface area is 93.1 Å². The average molecular weight is 213 g/mol. The van der Waals surface area contributed by atoms with Gasteiger partial charge in [0.2, 0.25) is 0 Å². The number of aldehydes is 1. The summed E-state index contributed by atoms with van der Waals surface area (Å²) in [6.45, 7) is 0. The van der Waals surface area contributed by atoms with Gasteiger partial charge in [0, 0.05) is 11.3 Å². The summed E-state index contributed by atoms with van der Waals surface area (Å²) in [5, 5.41) is 9.86. The number of nitrogen functional groups attached to an aromatic ring is 1. The number of aromatic hydroxyl groups is 1. The predicted molar refractivity (Wildman–Crippen MR) is 63.3 cm³/mol. The molecule has 2 aromatic carbocycles. The molecule has 0 aliphatic rings. The number of hydrogen-bond acceptors (Lipinski definition) is 3. The van der Waals surface area contributed by atoms with E-state index in [0.29, 0.717) is 17.5 Å². The van der Waals surface area contributed by atoms with Crippen LogP contribution in [0.5, 0.6) is 5.75 Å². The van der Waals surface area contributed by atoms with E-state index < -0.39 is 0 Å². The van der Waals surface area contributed by atoms with E-state index >= 15 is 0 Å². The van der Waals surface area contributed by atoms with Gasteiger partial charge in [0.15, 0.2) is 6.29 Å². The fraction of sp³-hybridized carbons (Fsp3) is 0. The molecule has 0 aromatic heterocycles. The number of phenolic OH excluding ortho intramolecular Hbond substituents is 1. The van der Waals surface area contributed by atoms with E-state index in [4.69, 9.17) is 5.73 Å². The van der Waals surface area contributed by atoms with Crippen LogP contribution >= 0.6 is 0 Å². The molecule has 0 spiro atoms. The third-order valence-corrected chi connectivity index (χ3v) is 2.39. The van der Waals surface area contributed by atoms with E-state index in [1.165, 1.54) is 0 Å². The number of nitrogens with two attached hydrogens (primary N) is 1. The molecule has 0 amide bonds. The summed E-state index contributed by atoms with van der Waals surface area (Å²) in [5.41, 5.74) is 7.96. The lowest BCUT2D eigenvalue weighted by atomic mass is 10.0. The first kappa shape index (κ1) is 10.2. The van der Waals surface area contributed by atoms with Gasteiger partial charge < -0.3 is 10.8 Å². The highest BCUT2D eigenvalue weighted by Crippen LogP contribution is 2.31. The second kappa shape index (κ2) is 4.06. The maximum Gasteiger partial charge on any atom is 0.153 e. The molecule has 0 unspecified atom stereocenters. The van der Waals surface area contributed by atoms with Crippen LogP contribution in [0.15, 0.2) is 42.5 Å². The number of rotatable bonds is 2. The second-order valence-electron chi connectivity index (χ2n) is 3.49. The molecule has 0 atom stereocenters. The molecule has 0 aliphatic carbocycles. The number of anilines is 1. The Bertz CT molecular complexity index is 535. The molecular weight excluding hydrogens is 202 g/mol. The molecule has 0 bridgehead atoms. The fourth-order valence-electron chi connectivity index (χ4n) is 1.60. The number of para-hydroxylation sites is 1. The van der Waals surface area contributed by atoms with Crippen LogP contribution in [-0.2, 0) is 0 Å². The van der Waals surface area contributed by atoms with Gasteiger partial charge in [-0.1, -0.05) is 24.3 Å². The maximum atomic E-state index is 10.7. The zero-order chi connectivity index (χ0) is 11.5. The van der Waals surface area contributed by atoms with Crippen LogP contribution in [0.1, 0.15) is 10.4 Å². The predicted octanol–water partition coefficient (Wildman–Crippen LogP) is 2.45. The molecule has 0 aliphatic heterocycles. The third kappa shape index (κ3) is 1.75. The van der Waals surface area contributed by atoms with Gasteiger partial charge >= 0.3 is 0 Å². The minimum Gasteiger partial charge on any atom is -0.507 e. The average Bonchev–Trinajstić information content (AvgIpc) is 2.29. The number of phenols is 1. The maximum absolute atomic E-state index is 10.7. The van der Waals surface area contributed by atoms with Crippen LogP contribution in [0.25, 0.3) is 11.1 Å². The minimum absolute atomic E-state index is 0.0110. The van der Waals surface area contributed by atoms with Crippen LogP contribution < -0.4 is 5.73 Å². The summed E-state index contributed by atoms with van der Waals surface area (Å²) in [4.78, 5) is 10.7. The Balaban J connectivity index is 2.60. The van der Waals surface area contributed by atoms with Crippen molar-refractivity contribution in [2.24, 2.45) is 0 Å². The highest BCUT2D eigenvalue weighted by molar-refractivity contribution is 5.86. The zero-order valence-electron chi connectivity index (χ0n) is 8.55. The summed E-state index contributed by atoms with van der Waals surface area (Å²) in [6, 6.07) is 12.2. The van der Waals surface area contributed by atoms with E-state index in [1.54, 1.807) is 36.4 Å². The molecule has 3 nitrogen and oxygen atoms in total. The molecule has 2 aromatic rings. The molecule has 3 heteroatoms. The fourth-order valence-corrected chi connectivity index (χ4v) is 1.60. The SMILES string of the molecule is Nc1cccc(-c2cccc(C=O)c2O)c1. The molecule has 0 heterocycles. The molecule has 3 N–H and O–H groups in total. The topological polar surface area (TPSA) is 63.3 Å². The number of carbonyl (C=O) groups excluding carboxylic acids is 1. The van der Waals surface area contributed by atoms with Crippen molar-refractivity contribution in [1.29, 1.82) is 0 Å². The van der Waals surface area contributed by atoms with Crippen molar-refractivity contribution in [3.05, 3.63) is 48.0 Å². The van der Waals surface area contributed by atoms with Crippen molar-refractivity contribution in [2.45, 2.75) is 0 Å². The summed E-state index contributed by atoms with van der Waals surface area (Å²) in [6.07, 6.45) is 0.630. The summed E-state index contributed by atoms with van der Waals surface area (Å²) in [5.74, 6) is -0.0110. The highest BCUT2D eigenvalue weighted by atomic mass is 16.3. The van der Waals surface area contributed by atoms with Crippen LogP contribution in [0, 0.1) is 0 Å². The molecule has 2 rings (SSSR count). The van der Waals surface area contributed by atoms with Crippen molar-refractivity contribution in [3.8, 4) is 16.9 Å². The molecule has 0 saturated carbocycles. The Hall–Kier alpha value is -2.29. The van der Waals surface area contributed by atoms with E-state index in [1.807, 2.05) is 6.07 Å². The number of benzene rings is 2. The van der Waals surface area contributed by atoms with Gasteiger partial charge in [-0.15, -0.1) is 0 Å². The first-order valence-electron chi connectivity index (χ1n) is 4.85. The molecular formula is C13H11NO2. The van der Waals surface area contributed by atoms with Gasteiger partial charge in [-0.2, -0.15) is 0 Å². The first-order valence-corrected chi connectivity index (χ1v) is 4.85. The van der Waals surface area contributed by atoms with Gasteiger partial charge in [0.25, 0.3) is 0 Å². The Morgan fingerprint density at radius 1 is 1.12 bits per heavy atom. The summed E-state index contributed by atoms with van der Waals surface area (Å²) < 4.78 is 0. The second-order valence-corrected chi connectivity index (χ2v) is 3.49. The van der Waals surface area contributed by atoms with Crippen molar-refractivity contribution >= 4 is 12.0 Å². The van der Waals surface area contributed by atoms with Crippen molar-refractivity contribution in [1.82, 2.24) is 0 Å². The zero-order valence-corrected chi connectivity index (χ0v) is 8.55. The minimum atomic E-state index is -0.0110. The van der Waals surface area contributed by atoms with E-state index in [0.717, 1.165) is 5.56 Å². The Morgan fingerprint density at radius 2 is 1.88 bits per heavy atom. The van der Waals surface area contributed by atoms with Crippen molar-refractivity contribution < 1.29 is 9.90 Å². The lowest BCUT2D eigenvalue weighted by Crippen LogP contribution is -1.88. The quantitative estimate of drug-likeness (QED) is 0.595. The monoisotopic (exact) mass is 213 g/mol. The van der Waals surface area contributed by atoms with Gasteiger partial charge in [-0.3, -0.25) is 4.79 Å².